The monoisotopic (exact) mass is 420 g/mol. The van der Waals surface area contributed by atoms with Crippen molar-refractivity contribution in [3.63, 3.8) is 0 Å². The first-order chi connectivity index (χ1) is 13.5. The fourth-order valence-electron chi connectivity index (χ4n) is 4.85. The highest BCUT2D eigenvalue weighted by atomic mass is 35.5. The summed E-state index contributed by atoms with van der Waals surface area (Å²) in [5.41, 5.74) is 1.01. The molecule has 1 spiro atoms. The van der Waals surface area contributed by atoms with E-state index in [1.165, 1.54) is 0 Å². The number of likely N-dealkylation sites (tertiary alicyclic amines) is 1. The fraction of sp³-hybridized carbons (Fsp3) is 0.409. The molecule has 3 aliphatic rings. The number of anilines is 1. The van der Waals surface area contributed by atoms with Gasteiger partial charge in [-0.3, -0.25) is 4.79 Å². The van der Waals surface area contributed by atoms with E-state index in [4.69, 9.17) is 4.74 Å². The van der Waals surface area contributed by atoms with E-state index in [0.717, 1.165) is 49.3 Å². The maximum atomic E-state index is 14.1. The van der Waals surface area contributed by atoms with Crippen LogP contribution in [0.5, 0.6) is 5.75 Å². The van der Waals surface area contributed by atoms with Crippen LogP contribution in [0.3, 0.4) is 0 Å². The number of nitrogens with zero attached hydrogens (tertiary/aromatic N) is 2. The minimum Gasteiger partial charge on any atom is -0.491 e. The van der Waals surface area contributed by atoms with Crippen molar-refractivity contribution in [2.75, 3.05) is 38.2 Å². The molecule has 0 saturated carbocycles. The number of hydrogen-bond acceptors (Lipinski definition) is 3. The lowest BCUT2D eigenvalue weighted by Crippen LogP contribution is -2.45. The van der Waals surface area contributed by atoms with Gasteiger partial charge in [-0.15, -0.1) is 12.4 Å². The molecule has 1 saturated heterocycles. The lowest BCUT2D eigenvalue weighted by Gasteiger charge is -2.32. The van der Waals surface area contributed by atoms with Crippen LogP contribution in [-0.2, 0) is 10.2 Å². The molecule has 1 amide bonds. The van der Waals surface area contributed by atoms with Gasteiger partial charge in [0.15, 0.2) is 11.6 Å². The van der Waals surface area contributed by atoms with Gasteiger partial charge in [0.2, 0.25) is 5.91 Å². The van der Waals surface area contributed by atoms with Crippen LogP contribution in [0.1, 0.15) is 24.0 Å². The van der Waals surface area contributed by atoms with Gasteiger partial charge in [-0.2, -0.15) is 0 Å². The van der Waals surface area contributed by atoms with E-state index in [0.29, 0.717) is 18.0 Å². The van der Waals surface area contributed by atoms with Crippen LogP contribution >= 0.6 is 12.4 Å². The van der Waals surface area contributed by atoms with Crippen molar-refractivity contribution in [1.82, 2.24) is 4.90 Å². The SMILES string of the molecule is CN1CCC(CN2C(=O)C3(COc4cc(F)c(F)cc43)c3ccccc32)CC1.Cl. The molecule has 5 rings (SSSR count). The maximum absolute atomic E-state index is 14.1. The number of piperidine rings is 1. The Morgan fingerprint density at radius 1 is 1.10 bits per heavy atom. The van der Waals surface area contributed by atoms with Crippen LogP contribution in [0.15, 0.2) is 36.4 Å². The largest absolute Gasteiger partial charge is 0.491 e. The zero-order valence-electron chi connectivity index (χ0n) is 16.2. The van der Waals surface area contributed by atoms with Crippen molar-refractivity contribution >= 4 is 24.0 Å². The molecule has 2 aromatic rings. The number of benzene rings is 2. The number of halogens is 3. The van der Waals surface area contributed by atoms with Crippen molar-refractivity contribution < 1.29 is 18.3 Å². The average molecular weight is 421 g/mol. The summed E-state index contributed by atoms with van der Waals surface area (Å²) >= 11 is 0. The Kier molecular flexibility index (Phi) is 5.03. The minimum absolute atomic E-state index is 0. The Labute approximate surface area is 174 Å². The van der Waals surface area contributed by atoms with Crippen molar-refractivity contribution in [1.29, 1.82) is 0 Å². The molecule has 3 heterocycles. The van der Waals surface area contributed by atoms with Crippen LogP contribution in [0, 0.1) is 17.6 Å². The number of carbonyl (C=O) groups excluding carboxylic acids is 1. The Bertz CT molecular complexity index is 962. The molecule has 2 aromatic carbocycles. The Morgan fingerprint density at radius 2 is 1.79 bits per heavy atom. The normalized spacial score (nSPS) is 23.7. The van der Waals surface area contributed by atoms with E-state index < -0.39 is 17.0 Å². The summed E-state index contributed by atoms with van der Waals surface area (Å²) in [6.45, 7) is 2.77. The number of carbonyl (C=O) groups is 1. The molecule has 3 aliphatic heterocycles. The van der Waals surface area contributed by atoms with Gasteiger partial charge < -0.3 is 14.5 Å². The van der Waals surface area contributed by atoms with Crippen LogP contribution in [-0.4, -0.2) is 44.1 Å². The molecule has 7 heteroatoms. The van der Waals surface area contributed by atoms with Crippen LogP contribution < -0.4 is 9.64 Å². The number of fused-ring (bicyclic) bond motifs is 4. The summed E-state index contributed by atoms with van der Waals surface area (Å²) in [4.78, 5) is 17.8. The molecule has 1 unspecified atom stereocenters. The lowest BCUT2D eigenvalue weighted by atomic mass is 9.77. The van der Waals surface area contributed by atoms with E-state index in [1.807, 2.05) is 29.2 Å². The predicted molar refractivity (Wildman–Crippen MR) is 109 cm³/mol. The molecule has 0 radical (unpaired) electrons. The smallest absolute Gasteiger partial charge is 0.245 e. The third-order valence-electron chi connectivity index (χ3n) is 6.47. The highest BCUT2D eigenvalue weighted by Gasteiger charge is 2.57. The highest BCUT2D eigenvalue weighted by molar-refractivity contribution is 6.11. The third kappa shape index (κ3) is 2.92. The second-order valence-electron chi connectivity index (χ2n) is 8.14. The average Bonchev–Trinajstić information content (AvgIpc) is 3.17. The van der Waals surface area contributed by atoms with Gasteiger partial charge >= 0.3 is 0 Å². The Hall–Kier alpha value is -2.18. The van der Waals surface area contributed by atoms with Gasteiger partial charge in [-0.1, -0.05) is 18.2 Å². The summed E-state index contributed by atoms with van der Waals surface area (Å²) in [5.74, 6) is -1.34. The first-order valence-electron chi connectivity index (χ1n) is 9.73. The van der Waals surface area contributed by atoms with Crippen molar-refractivity contribution in [2.24, 2.45) is 5.92 Å². The summed E-state index contributed by atoms with van der Waals surface area (Å²) in [7, 11) is 2.11. The zero-order valence-corrected chi connectivity index (χ0v) is 17.0. The van der Waals surface area contributed by atoms with Gasteiger partial charge in [0.1, 0.15) is 17.8 Å². The zero-order chi connectivity index (χ0) is 19.5. The van der Waals surface area contributed by atoms with E-state index in [1.54, 1.807) is 0 Å². The fourth-order valence-corrected chi connectivity index (χ4v) is 4.85. The number of para-hydroxylation sites is 1. The number of hydrogen-bond donors (Lipinski definition) is 0. The molecule has 0 N–H and O–H groups in total. The molecule has 0 aliphatic carbocycles. The molecule has 1 atom stereocenters. The van der Waals surface area contributed by atoms with Gasteiger partial charge in [0, 0.05) is 23.9 Å². The second kappa shape index (κ2) is 7.26. The predicted octanol–water partition coefficient (Wildman–Crippen LogP) is 3.75. The Morgan fingerprint density at radius 3 is 2.55 bits per heavy atom. The summed E-state index contributed by atoms with van der Waals surface area (Å²) in [6, 6.07) is 9.82. The molecular weight excluding hydrogens is 398 g/mol. The summed E-state index contributed by atoms with van der Waals surface area (Å²) in [6.07, 6.45) is 2.09. The summed E-state index contributed by atoms with van der Waals surface area (Å²) < 4.78 is 33.5. The van der Waals surface area contributed by atoms with Gasteiger partial charge in [0.05, 0.1) is 0 Å². The first-order valence-corrected chi connectivity index (χ1v) is 9.73. The van der Waals surface area contributed by atoms with Gasteiger partial charge in [-0.25, -0.2) is 8.78 Å². The van der Waals surface area contributed by atoms with Crippen molar-refractivity contribution in [2.45, 2.75) is 18.3 Å². The molecule has 154 valence electrons. The van der Waals surface area contributed by atoms with Crippen LogP contribution in [0.4, 0.5) is 14.5 Å². The maximum Gasteiger partial charge on any atom is 0.245 e. The van der Waals surface area contributed by atoms with Crippen molar-refractivity contribution in [3.05, 3.63) is 59.2 Å². The molecular formula is C22H23ClF2N2O2. The summed E-state index contributed by atoms with van der Waals surface area (Å²) in [5, 5.41) is 0. The quantitative estimate of drug-likeness (QED) is 0.741. The van der Waals surface area contributed by atoms with Crippen LogP contribution in [0.2, 0.25) is 0 Å². The van der Waals surface area contributed by atoms with Gasteiger partial charge in [0.25, 0.3) is 0 Å². The highest BCUT2D eigenvalue weighted by Crippen LogP contribution is 2.52. The van der Waals surface area contributed by atoms with E-state index >= 15 is 0 Å². The molecule has 29 heavy (non-hydrogen) atoms. The number of rotatable bonds is 2. The van der Waals surface area contributed by atoms with E-state index in [2.05, 4.69) is 11.9 Å². The third-order valence-corrected chi connectivity index (χ3v) is 6.47. The second-order valence-corrected chi connectivity index (χ2v) is 8.14. The topological polar surface area (TPSA) is 32.8 Å². The number of ether oxygens (including phenoxy) is 1. The molecule has 0 bridgehead atoms. The van der Waals surface area contributed by atoms with Crippen LogP contribution in [0.25, 0.3) is 0 Å². The van der Waals surface area contributed by atoms with Crippen molar-refractivity contribution in [3.8, 4) is 5.75 Å². The Balaban J connectivity index is 0.00000205. The molecule has 1 fully saturated rings. The van der Waals surface area contributed by atoms with E-state index in [-0.39, 0.29) is 30.7 Å². The lowest BCUT2D eigenvalue weighted by molar-refractivity contribution is -0.122. The van der Waals surface area contributed by atoms with E-state index in [9.17, 15) is 13.6 Å². The molecule has 0 aromatic heterocycles. The standard InChI is InChI=1S/C22H22F2N2O2.ClH/c1-25-8-6-14(7-9-25)12-26-19-5-3-2-4-15(19)22(21(26)27)13-28-20-11-18(24)17(23)10-16(20)22;/h2-5,10-11,14H,6-9,12-13H2,1H3;1H. The van der Waals surface area contributed by atoms with Gasteiger partial charge in [-0.05, 0) is 56.6 Å². The first kappa shape index (κ1) is 20.1. The molecule has 4 nitrogen and oxygen atoms in total. The minimum atomic E-state index is -1.09. The number of amides is 1.